The van der Waals surface area contributed by atoms with Crippen LogP contribution < -0.4 is 10.6 Å². The molecule has 0 unspecified atom stereocenters. The van der Waals surface area contributed by atoms with Gasteiger partial charge in [-0.15, -0.1) is 11.3 Å². The van der Waals surface area contributed by atoms with Crippen molar-refractivity contribution in [1.82, 2.24) is 15.3 Å². The van der Waals surface area contributed by atoms with Crippen LogP contribution in [0.2, 0.25) is 0 Å². The standard InChI is InChI=1S/C13H16N4OS/c1-8-4-12(14-3)11(6-15-8)13(18)16-5-10-7-19-9(2)17-10/h4,6-7H,5H2,1-3H3,(H,14,15)(H,16,18). The highest BCUT2D eigenvalue weighted by Crippen LogP contribution is 2.15. The van der Waals surface area contributed by atoms with E-state index in [-0.39, 0.29) is 5.91 Å². The average molecular weight is 276 g/mol. The molecule has 0 spiro atoms. The molecule has 5 nitrogen and oxygen atoms in total. The van der Waals surface area contributed by atoms with Gasteiger partial charge in [-0.25, -0.2) is 4.98 Å². The molecule has 2 rings (SSSR count). The van der Waals surface area contributed by atoms with Gasteiger partial charge in [-0.2, -0.15) is 0 Å². The number of amides is 1. The zero-order valence-electron chi connectivity index (χ0n) is 11.2. The van der Waals surface area contributed by atoms with E-state index >= 15 is 0 Å². The fraction of sp³-hybridized carbons (Fsp3) is 0.308. The van der Waals surface area contributed by atoms with Crippen molar-refractivity contribution in [3.8, 4) is 0 Å². The quantitative estimate of drug-likeness (QED) is 0.897. The molecule has 2 aromatic rings. The summed E-state index contributed by atoms with van der Waals surface area (Å²) in [5, 5.41) is 8.80. The minimum absolute atomic E-state index is 0.150. The van der Waals surface area contributed by atoms with Crippen molar-refractivity contribution in [2.24, 2.45) is 0 Å². The van der Waals surface area contributed by atoms with E-state index in [4.69, 9.17) is 0 Å². The minimum atomic E-state index is -0.150. The highest BCUT2D eigenvalue weighted by Gasteiger charge is 2.11. The largest absolute Gasteiger partial charge is 0.387 e. The molecule has 0 saturated carbocycles. The molecule has 0 aliphatic heterocycles. The van der Waals surface area contributed by atoms with Crippen LogP contribution in [0.3, 0.4) is 0 Å². The molecular weight excluding hydrogens is 260 g/mol. The number of carbonyl (C=O) groups is 1. The van der Waals surface area contributed by atoms with Crippen molar-refractivity contribution >= 4 is 22.9 Å². The van der Waals surface area contributed by atoms with E-state index in [9.17, 15) is 4.79 Å². The molecule has 2 heterocycles. The molecule has 0 fully saturated rings. The van der Waals surface area contributed by atoms with Crippen LogP contribution >= 0.6 is 11.3 Å². The van der Waals surface area contributed by atoms with Gasteiger partial charge in [0.05, 0.1) is 28.5 Å². The first-order chi connectivity index (χ1) is 9.10. The minimum Gasteiger partial charge on any atom is -0.387 e. The zero-order chi connectivity index (χ0) is 13.8. The van der Waals surface area contributed by atoms with E-state index in [2.05, 4.69) is 20.6 Å². The Morgan fingerprint density at radius 3 is 2.84 bits per heavy atom. The van der Waals surface area contributed by atoms with Gasteiger partial charge < -0.3 is 10.6 Å². The topological polar surface area (TPSA) is 66.9 Å². The molecule has 2 N–H and O–H groups in total. The van der Waals surface area contributed by atoms with Crippen LogP contribution in [0.5, 0.6) is 0 Å². The van der Waals surface area contributed by atoms with Gasteiger partial charge >= 0.3 is 0 Å². The molecule has 0 aliphatic carbocycles. The summed E-state index contributed by atoms with van der Waals surface area (Å²) in [7, 11) is 1.79. The number of hydrogen-bond donors (Lipinski definition) is 2. The van der Waals surface area contributed by atoms with Gasteiger partial charge in [0.25, 0.3) is 5.91 Å². The lowest BCUT2D eigenvalue weighted by molar-refractivity contribution is 0.0951. The average Bonchev–Trinajstić information content (AvgIpc) is 2.81. The number of rotatable bonds is 4. The Bertz CT molecular complexity index is 594. The monoisotopic (exact) mass is 276 g/mol. The smallest absolute Gasteiger partial charge is 0.255 e. The number of nitrogens with one attached hydrogen (secondary N) is 2. The van der Waals surface area contributed by atoms with Crippen molar-refractivity contribution in [2.75, 3.05) is 12.4 Å². The van der Waals surface area contributed by atoms with Crippen molar-refractivity contribution in [1.29, 1.82) is 0 Å². The zero-order valence-corrected chi connectivity index (χ0v) is 12.0. The summed E-state index contributed by atoms with van der Waals surface area (Å²) < 4.78 is 0. The molecule has 6 heteroatoms. The Hall–Kier alpha value is -1.95. The first-order valence-electron chi connectivity index (χ1n) is 5.93. The molecule has 100 valence electrons. The molecule has 0 radical (unpaired) electrons. The molecule has 1 amide bonds. The molecule has 0 atom stereocenters. The lowest BCUT2D eigenvalue weighted by Gasteiger charge is -2.09. The first-order valence-corrected chi connectivity index (χ1v) is 6.81. The predicted octanol–water partition coefficient (Wildman–Crippen LogP) is 2.13. The summed E-state index contributed by atoms with van der Waals surface area (Å²) in [4.78, 5) is 20.6. The Balaban J connectivity index is 2.07. The van der Waals surface area contributed by atoms with E-state index in [1.54, 1.807) is 24.6 Å². The number of aromatic nitrogens is 2. The maximum atomic E-state index is 12.1. The van der Waals surface area contributed by atoms with Gasteiger partial charge in [-0.3, -0.25) is 9.78 Å². The predicted molar refractivity (Wildman–Crippen MR) is 76.5 cm³/mol. The number of aryl methyl sites for hydroxylation is 2. The van der Waals surface area contributed by atoms with Gasteiger partial charge in [0.1, 0.15) is 0 Å². The van der Waals surface area contributed by atoms with Gasteiger partial charge in [-0.05, 0) is 19.9 Å². The highest BCUT2D eigenvalue weighted by molar-refractivity contribution is 7.09. The Labute approximate surface area is 116 Å². The van der Waals surface area contributed by atoms with Crippen LogP contribution in [-0.4, -0.2) is 22.9 Å². The summed E-state index contributed by atoms with van der Waals surface area (Å²) >= 11 is 1.57. The summed E-state index contributed by atoms with van der Waals surface area (Å²) in [5.74, 6) is -0.150. The van der Waals surface area contributed by atoms with Gasteiger partial charge in [0.2, 0.25) is 0 Å². The fourth-order valence-corrected chi connectivity index (χ4v) is 2.32. The maximum absolute atomic E-state index is 12.1. The van der Waals surface area contributed by atoms with Gasteiger partial charge in [0.15, 0.2) is 0 Å². The summed E-state index contributed by atoms with van der Waals surface area (Å²) in [6, 6.07) is 1.85. The summed E-state index contributed by atoms with van der Waals surface area (Å²) in [6.45, 7) is 4.26. The van der Waals surface area contributed by atoms with E-state index in [0.29, 0.717) is 12.1 Å². The van der Waals surface area contributed by atoms with E-state index in [1.807, 2.05) is 25.3 Å². The molecule has 2 aromatic heterocycles. The third kappa shape index (κ3) is 3.29. The molecule has 0 aromatic carbocycles. The van der Waals surface area contributed by atoms with Crippen molar-refractivity contribution < 1.29 is 4.79 Å². The summed E-state index contributed by atoms with van der Waals surface area (Å²) in [6.07, 6.45) is 1.59. The van der Waals surface area contributed by atoms with E-state index in [0.717, 1.165) is 22.1 Å². The number of carbonyl (C=O) groups excluding carboxylic acids is 1. The Morgan fingerprint density at radius 1 is 1.42 bits per heavy atom. The molecule has 0 bridgehead atoms. The van der Waals surface area contributed by atoms with Crippen LogP contribution in [-0.2, 0) is 6.54 Å². The number of anilines is 1. The van der Waals surface area contributed by atoms with Crippen LogP contribution in [0, 0.1) is 13.8 Å². The van der Waals surface area contributed by atoms with E-state index < -0.39 is 0 Å². The maximum Gasteiger partial charge on any atom is 0.255 e. The Morgan fingerprint density at radius 2 is 2.21 bits per heavy atom. The fourth-order valence-electron chi connectivity index (χ4n) is 1.70. The number of thiazole rings is 1. The number of nitrogens with zero attached hydrogens (tertiary/aromatic N) is 2. The second-order valence-corrected chi connectivity index (χ2v) is 5.22. The third-order valence-electron chi connectivity index (χ3n) is 2.65. The van der Waals surface area contributed by atoms with Crippen LogP contribution in [0.1, 0.15) is 26.8 Å². The van der Waals surface area contributed by atoms with Crippen LogP contribution in [0.25, 0.3) is 0 Å². The lowest BCUT2D eigenvalue weighted by Crippen LogP contribution is -2.24. The van der Waals surface area contributed by atoms with Crippen molar-refractivity contribution in [3.05, 3.63) is 39.6 Å². The van der Waals surface area contributed by atoms with Crippen molar-refractivity contribution in [2.45, 2.75) is 20.4 Å². The number of pyridine rings is 1. The molecule has 19 heavy (non-hydrogen) atoms. The summed E-state index contributed by atoms with van der Waals surface area (Å²) in [5.41, 5.74) is 3.07. The van der Waals surface area contributed by atoms with Crippen LogP contribution in [0.4, 0.5) is 5.69 Å². The first kappa shape index (κ1) is 13.5. The third-order valence-corrected chi connectivity index (χ3v) is 3.47. The number of hydrogen-bond acceptors (Lipinski definition) is 5. The van der Waals surface area contributed by atoms with Gasteiger partial charge in [0, 0.05) is 24.3 Å². The second-order valence-electron chi connectivity index (χ2n) is 4.16. The Kier molecular flexibility index (Phi) is 4.11. The van der Waals surface area contributed by atoms with Crippen LogP contribution in [0.15, 0.2) is 17.6 Å². The van der Waals surface area contributed by atoms with Gasteiger partial charge in [-0.1, -0.05) is 0 Å². The lowest BCUT2D eigenvalue weighted by atomic mass is 10.2. The SMILES string of the molecule is CNc1cc(C)ncc1C(=O)NCc1csc(C)n1. The molecule has 0 saturated heterocycles. The van der Waals surface area contributed by atoms with E-state index in [1.165, 1.54) is 0 Å². The molecular formula is C13H16N4OS. The highest BCUT2D eigenvalue weighted by atomic mass is 32.1. The molecule has 0 aliphatic rings. The second kappa shape index (κ2) is 5.79. The normalized spacial score (nSPS) is 10.3. The van der Waals surface area contributed by atoms with Crippen molar-refractivity contribution in [3.63, 3.8) is 0 Å².